The molecule has 3 aromatic carbocycles. The van der Waals surface area contributed by atoms with Crippen LogP contribution in [-0.2, 0) is 0 Å². The van der Waals surface area contributed by atoms with E-state index >= 15 is 0 Å². The molecule has 0 radical (unpaired) electrons. The minimum Gasteiger partial charge on any atom is -0.359 e. The predicted molar refractivity (Wildman–Crippen MR) is 120 cm³/mol. The van der Waals surface area contributed by atoms with Crippen LogP contribution in [0.5, 0.6) is 0 Å². The van der Waals surface area contributed by atoms with Gasteiger partial charge in [-0.1, -0.05) is 72.4 Å². The van der Waals surface area contributed by atoms with E-state index in [2.05, 4.69) is 103 Å². The molecule has 1 unspecified atom stereocenters. The average molecular weight is 389 g/mol. The van der Waals surface area contributed by atoms with Crippen LogP contribution in [-0.4, -0.2) is 32.1 Å². The van der Waals surface area contributed by atoms with Crippen LogP contribution < -0.4 is 4.90 Å². The van der Waals surface area contributed by atoms with Gasteiger partial charge < -0.3 is 9.80 Å². The number of unbranched alkanes of at least 4 members (excludes halogenated alkanes) is 1. The molecule has 4 rings (SSSR count). The van der Waals surface area contributed by atoms with E-state index < -0.39 is 0 Å². The van der Waals surface area contributed by atoms with E-state index in [0.717, 1.165) is 13.1 Å². The van der Waals surface area contributed by atoms with E-state index in [1.54, 1.807) is 0 Å². The number of hydrogen-bond donors (Lipinski definition) is 0. The Balaban J connectivity index is 1.78. The number of benzene rings is 3. The van der Waals surface area contributed by atoms with Gasteiger partial charge in [0, 0.05) is 16.3 Å². The number of para-hydroxylation sites is 1. The maximum atomic E-state index is 2.62. The molecule has 0 saturated heterocycles. The van der Waals surface area contributed by atoms with Crippen LogP contribution in [0.2, 0.25) is 0 Å². The van der Waals surface area contributed by atoms with Crippen LogP contribution in [0.15, 0.2) is 88.7 Å². The van der Waals surface area contributed by atoms with Gasteiger partial charge in [0.2, 0.25) is 0 Å². The largest absolute Gasteiger partial charge is 0.359 e. The van der Waals surface area contributed by atoms with E-state index in [-0.39, 0.29) is 6.04 Å². The van der Waals surface area contributed by atoms with Crippen LogP contribution in [0, 0.1) is 0 Å². The second kappa shape index (κ2) is 8.85. The van der Waals surface area contributed by atoms with Crippen molar-refractivity contribution in [2.45, 2.75) is 28.7 Å². The summed E-state index contributed by atoms with van der Waals surface area (Å²) < 4.78 is 0. The highest BCUT2D eigenvalue weighted by Gasteiger charge is 2.29. The zero-order chi connectivity index (χ0) is 19.3. The number of fused-ring (bicyclic) bond motifs is 2. The van der Waals surface area contributed by atoms with Gasteiger partial charge in [-0.25, -0.2) is 0 Å². The molecule has 0 bridgehead atoms. The third-order valence-corrected chi connectivity index (χ3v) is 6.45. The van der Waals surface area contributed by atoms with Crippen molar-refractivity contribution in [3.05, 3.63) is 90.0 Å². The summed E-state index contributed by atoms with van der Waals surface area (Å²) in [7, 11) is 4.31. The lowest BCUT2D eigenvalue weighted by molar-refractivity contribution is 0.393. The fraction of sp³-hybridized carbons (Fsp3) is 0.280. The molecule has 1 aliphatic rings. The molecule has 0 aliphatic carbocycles. The smallest absolute Gasteiger partial charge is 0.0807 e. The third kappa shape index (κ3) is 4.11. The molecule has 2 nitrogen and oxygen atoms in total. The van der Waals surface area contributed by atoms with E-state index in [1.165, 1.54) is 39.4 Å². The summed E-state index contributed by atoms with van der Waals surface area (Å²) in [6, 6.07) is 29.0. The quantitative estimate of drug-likeness (QED) is 0.472. The van der Waals surface area contributed by atoms with Crippen LogP contribution in [0.25, 0.3) is 0 Å². The Labute approximate surface area is 173 Å². The predicted octanol–water partition coefficient (Wildman–Crippen LogP) is 6.09. The van der Waals surface area contributed by atoms with Gasteiger partial charge in [0.15, 0.2) is 0 Å². The maximum absolute atomic E-state index is 2.62. The molecule has 0 spiro atoms. The number of rotatable bonds is 6. The molecular formula is C25H28N2S. The van der Waals surface area contributed by atoms with Crippen molar-refractivity contribution in [1.82, 2.24) is 4.90 Å². The highest BCUT2D eigenvalue weighted by molar-refractivity contribution is 7.99. The molecule has 3 heteroatoms. The molecule has 144 valence electrons. The van der Waals surface area contributed by atoms with Crippen LogP contribution >= 0.6 is 11.8 Å². The molecule has 1 atom stereocenters. The number of anilines is 1. The van der Waals surface area contributed by atoms with Gasteiger partial charge in [-0.05, 0) is 62.8 Å². The Kier molecular flexibility index (Phi) is 6.04. The monoisotopic (exact) mass is 388 g/mol. The summed E-state index contributed by atoms with van der Waals surface area (Å²) in [5.41, 5.74) is 4.12. The first-order valence-corrected chi connectivity index (χ1v) is 10.9. The van der Waals surface area contributed by atoms with Gasteiger partial charge >= 0.3 is 0 Å². The van der Waals surface area contributed by atoms with Gasteiger partial charge in [-0.2, -0.15) is 0 Å². The van der Waals surface area contributed by atoms with Crippen LogP contribution in [0.4, 0.5) is 5.69 Å². The number of nitrogens with zero attached hydrogens (tertiary/aromatic N) is 2. The second-order valence-electron chi connectivity index (χ2n) is 7.62. The summed E-state index contributed by atoms with van der Waals surface area (Å²) in [6.07, 6.45) is 2.39. The van der Waals surface area contributed by atoms with Crippen molar-refractivity contribution in [3.8, 4) is 0 Å². The Morgan fingerprint density at radius 1 is 0.786 bits per heavy atom. The minimum absolute atomic E-state index is 0.243. The second-order valence-corrected chi connectivity index (χ2v) is 8.71. The average Bonchev–Trinajstić information content (AvgIpc) is 2.86. The first-order chi connectivity index (χ1) is 13.7. The molecule has 1 aliphatic heterocycles. The molecule has 3 aromatic rings. The highest BCUT2D eigenvalue weighted by Crippen LogP contribution is 2.47. The topological polar surface area (TPSA) is 6.48 Å². The lowest BCUT2D eigenvalue weighted by atomic mass is 9.96. The Bertz CT molecular complexity index is 907. The Morgan fingerprint density at radius 3 is 2.25 bits per heavy atom. The normalized spacial score (nSPS) is 15.8. The van der Waals surface area contributed by atoms with Crippen molar-refractivity contribution < 1.29 is 0 Å². The van der Waals surface area contributed by atoms with E-state index in [4.69, 9.17) is 0 Å². The Hall–Kier alpha value is -2.23. The van der Waals surface area contributed by atoms with E-state index in [9.17, 15) is 0 Å². The fourth-order valence-corrected chi connectivity index (χ4v) is 5.08. The summed E-state index contributed by atoms with van der Waals surface area (Å²) in [5, 5.41) is 0. The lowest BCUT2D eigenvalue weighted by Crippen LogP contribution is -2.31. The summed E-state index contributed by atoms with van der Waals surface area (Å²) in [6.45, 7) is 2.19. The van der Waals surface area contributed by atoms with Gasteiger partial charge in [0.05, 0.1) is 11.7 Å². The maximum Gasteiger partial charge on any atom is 0.0807 e. The summed E-state index contributed by atoms with van der Waals surface area (Å²) in [5.74, 6) is 0. The number of hydrogen-bond acceptors (Lipinski definition) is 3. The van der Waals surface area contributed by atoms with Crippen molar-refractivity contribution in [1.29, 1.82) is 0 Å². The van der Waals surface area contributed by atoms with Crippen molar-refractivity contribution in [2.75, 3.05) is 32.1 Å². The molecule has 28 heavy (non-hydrogen) atoms. The standard InChI is InChI=1S/C25H28N2S/c1-26(2)18-10-11-19-27-22-15-7-9-17-24(22)28-23-16-8-6-14-21(23)25(27)20-12-4-3-5-13-20/h3-9,12-17,25H,10-11,18-19H2,1-2H3. The fourth-order valence-electron chi connectivity index (χ4n) is 3.96. The van der Waals surface area contributed by atoms with Gasteiger partial charge in [0.25, 0.3) is 0 Å². The first kappa shape index (κ1) is 19.1. The van der Waals surface area contributed by atoms with Crippen molar-refractivity contribution in [3.63, 3.8) is 0 Å². The molecule has 0 amide bonds. The summed E-state index contributed by atoms with van der Waals surface area (Å²) in [4.78, 5) is 7.61. The van der Waals surface area contributed by atoms with Crippen molar-refractivity contribution >= 4 is 17.4 Å². The minimum atomic E-state index is 0.243. The van der Waals surface area contributed by atoms with Gasteiger partial charge in [-0.3, -0.25) is 0 Å². The zero-order valence-electron chi connectivity index (χ0n) is 16.7. The zero-order valence-corrected chi connectivity index (χ0v) is 17.5. The van der Waals surface area contributed by atoms with Crippen LogP contribution in [0.3, 0.4) is 0 Å². The Morgan fingerprint density at radius 2 is 1.46 bits per heavy atom. The molecule has 0 aromatic heterocycles. The van der Waals surface area contributed by atoms with Gasteiger partial charge in [-0.15, -0.1) is 0 Å². The van der Waals surface area contributed by atoms with Crippen molar-refractivity contribution in [2.24, 2.45) is 0 Å². The van der Waals surface area contributed by atoms with Crippen LogP contribution in [0.1, 0.15) is 30.0 Å². The SMILES string of the molecule is CN(C)CCCCN1c2ccccc2Sc2ccccc2C1c1ccccc1. The molecule has 0 fully saturated rings. The van der Waals surface area contributed by atoms with Gasteiger partial charge in [0.1, 0.15) is 0 Å². The molecular weight excluding hydrogens is 360 g/mol. The molecule has 0 N–H and O–H groups in total. The third-order valence-electron chi connectivity index (χ3n) is 5.29. The lowest BCUT2D eigenvalue weighted by Gasteiger charge is -2.34. The highest BCUT2D eigenvalue weighted by atomic mass is 32.2. The first-order valence-electron chi connectivity index (χ1n) is 10.1. The summed E-state index contributed by atoms with van der Waals surface area (Å²) >= 11 is 1.90. The molecule has 0 saturated carbocycles. The van der Waals surface area contributed by atoms with E-state index in [1.807, 2.05) is 11.8 Å². The van der Waals surface area contributed by atoms with E-state index in [0.29, 0.717) is 0 Å². The molecule has 1 heterocycles.